The lowest BCUT2D eigenvalue weighted by Crippen LogP contribution is -2.30. The van der Waals surface area contributed by atoms with E-state index in [1.54, 1.807) is 18.2 Å². The number of nitrogens with one attached hydrogen (secondary N) is 2. The minimum absolute atomic E-state index is 0.119. The van der Waals surface area contributed by atoms with E-state index in [2.05, 4.69) is 10.0 Å². The summed E-state index contributed by atoms with van der Waals surface area (Å²) >= 11 is -1.73. The number of hydrogen-bond acceptors (Lipinski definition) is 4. The summed E-state index contributed by atoms with van der Waals surface area (Å²) in [7, 11) is 1.81. The number of amides is 1. The maximum absolute atomic E-state index is 12.9. The highest BCUT2D eigenvalue weighted by Gasteiger charge is 2.23. The molecule has 1 amide bonds. The summed E-state index contributed by atoms with van der Waals surface area (Å²) in [5, 5.41) is 3.83. The molecule has 1 atom stereocenters. The Hall–Kier alpha value is -3.22. The van der Waals surface area contributed by atoms with Crippen LogP contribution < -0.4 is 10.0 Å². The quantitative estimate of drug-likeness (QED) is 0.489. The van der Waals surface area contributed by atoms with Crippen molar-refractivity contribution in [3.8, 4) is 11.1 Å². The summed E-state index contributed by atoms with van der Waals surface area (Å²) < 4.78 is 21.0. The summed E-state index contributed by atoms with van der Waals surface area (Å²) in [6.07, 6.45) is 0. The Morgan fingerprint density at radius 3 is 2.50 bits per heavy atom. The van der Waals surface area contributed by atoms with Gasteiger partial charge in [-0.25, -0.2) is 0 Å². The average Bonchev–Trinajstić information content (AvgIpc) is 3.17. The molecule has 0 spiro atoms. The molecule has 3 aromatic carbocycles. The zero-order chi connectivity index (χ0) is 19.5. The van der Waals surface area contributed by atoms with E-state index in [1.165, 1.54) is 0 Å². The number of hydrogen-bond donors (Lipinski definition) is 2. The third kappa shape index (κ3) is 3.60. The Balaban J connectivity index is 1.59. The fraction of sp³-hybridized carbons (Fsp3) is 0.0455. The van der Waals surface area contributed by atoms with E-state index in [-0.39, 0.29) is 5.76 Å². The second kappa shape index (κ2) is 7.80. The summed E-state index contributed by atoms with van der Waals surface area (Å²) in [5.41, 5.74) is 3.22. The zero-order valence-corrected chi connectivity index (χ0v) is 16.0. The topological polar surface area (TPSA) is 77.3 Å². The molecule has 0 aliphatic rings. The Bertz CT molecular complexity index is 1130. The molecule has 4 aromatic rings. The first kappa shape index (κ1) is 18.2. The Labute approximate surface area is 165 Å². The monoisotopic (exact) mass is 390 g/mol. The van der Waals surface area contributed by atoms with Gasteiger partial charge >= 0.3 is 5.91 Å². The smallest absolute Gasteiger partial charge is 0.328 e. The summed E-state index contributed by atoms with van der Waals surface area (Å²) in [6, 6.07) is 24.2. The maximum atomic E-state index is 12.9. The fourth-order valence-electron chi connectivity index (χ4n) is 2.97. The lowest BCUT2D eigenvalue weighted by molar-refractivity contribution is 0.0956. The van der Waals surface area contributed by atoms with E-state index in [4.69, 9.17) is 4.42 Å². The standard InChI is InChI=1S/C22H18N2O3S/c1-23-17-12-11-16-13-20(27-19(16)14-17)22(25)24-28(26)21-10-6-5-9-18(21)15-7-3-2-4-8-15/h2-14,23H,1H3,(H,24,25). The van der Waals surface area contributed by atoms with Crippen LogP contribution >= 0.6 is 0 Å². The van der Waals surface area contributed by atoms with Gasteiger partial charge in [-0.1, -0.05) is 42.5 Å². The first-order valence-electron chi connectivity index (χ1n) is 8.74. The van der Waals surface area contributed by atoms with Gasteiger partial charge in [0.05, 0.1) is 0 Å². The van der Waals surface area contributed by atoms with Crippen LogP contribution in [0.2, 0.25) is 0 Å². The van der Waals surface area contributed by atoms with Crippen molar-refractivity contribution >= 4 is 33.9 Å². The molecule has 0 saturated carbocycles. The van der Waals surface area contributed by atoms with Crippen LogP contribution in [-0.4, -0.2) is 17.5 Å². The molecule has 4 rings (SSSR count). The van der Waals surface area contributed by atoms with Crippen molar-refractivity contribution in [3.63, 3.8) is 0 Å². The number of benzene rings is 3. The molecule has 0 aliphatic carbocycles. The van der Waals surface area contributed by atoms with Gasteiger partial charge in [-0.3, -0.25) is 4.79 Å². The number of anilines is 1. The first-order valence-corrected chi connectivity index (χ1v) is 9.89. The molecule has 1 heterocycles. The second-order valence-corrected chi connectivity index (χ2v) is 7.36. The van der Waals surface area contributed by atoms with Crippen molar-refractivity contribution in [1.82, 2.24) is 4.72 Å². The van der Waals surface area contributed by atoms with Crippen LogP contribution in [0.1, 0.15) is 10.6 Å². The van der Waals surface area contributed by atoms with Gasteiger partial charge in [0, 0.05) is 29.8 Å². The molecular weight excluding hydrogens is 372 g/mol. The molecule has 1 unspecified atom stereocenters. The van der Waals surface area contributed by atoms with Gasteiger partial charge in [-0.05, 0) is 35.9 Å². The average molecular weight is 390 g/mol. The highest BCUT2D eigenvalue weighted by atomic mass is 32.2. The third-order valence-corrected chi connectivity index (χ3v) is 5.52. The van der Waals surface area contributed by atoms with Gasteiger partial charge in [0.1, 0.15) is 16.9 Å². The SMILES string of the molecule is CNc1ccc2cc(C(=O)N[S+]([O-])c3ccccc3-c3ccccc3)oc2c1. The van der Waals surface area contributed by atoms with Gasteiger partial charge in [0.2, 0.25) is 0 Å². The highest BCUT2D eigenvalue weighted by Crippen LogP contribution is 2.27. The van der Waals surface area contributed by atoms with Crippen LogP contribution in [0.4, 0.5) is 5.69 Å². The molecule has 0 bridgehead atoms. The van der Waals surface area contributed by atoms with E-state index in [0.29, 0.717) is 10.5 Å². The van der Waals surface area contributed by atoms with Gasteiger partial charge in [0.25, 0.3) is 0 Å². The molecule has 2 N–H and O–H groups in total. The molecule has 0 radical (unpaired) electrons. The van der Waals surface area contributed by atoms with Gasteiger partial charge in [0.15, 0.2) is 10.7 Å². The van der Waals surface area contributed by atoms with Crippen molar-refractivity contribution < 1.29 is 13.8 Å². The lowest BCUT2D eigenvalue weighted by Gasteiger charge is -2.13. The molecule has 6 heteroatoms. The minimum atomic E-state index is -1.73. The number of furan rings is 1. The molecular formula is C22H18N2O3S. The number of carbonyl (C=O) groups is 1. The first-order chi connectivity index (χ1) is 13.7. The van der Waals surface area contributed by atoms with E-state index < -0.39 is 17.3 Å². The molecule has 140 valence electrons. The Morgan fingerprint density at radius 2 is 1.71 bits per heavy atom. The van der Waals surface area contributed by atoms with Gasteiger partial charge in [-0.2, -0.15) is 4.72 Å². The Kier molecular flexibility index (Phi) is 5.06. The molecule has 1 aromatic heterocycles. The summed E-state index contributed by atoms with van der Waals surface area (Å²) in [6.45, 7) is 0. The van der Waals surface area contributed by atoms with E-state index in [0.717, 1.165) is 22.2 Å². The third-order valence-electron chi connectivity index (χ3n) is 4.39. The molecule has 0 saturated heterocycles. The second-order valence-electron chi connectivity index (χ2n) is 6.18. The zero-order valence-electron chi connectivity index (χ0n) is 15.1. The number of rotatable bonds is 5. The van der Waals surface area contributed by atoms with Crippen molar-refractivity contribution in [1.29, 1.82) is 0 Å². The summed E-state index contributed by atoms with van der Waals surface area (Å²) in [4.78, 5) is 13.1. The normalized spacial score (nSPS) is 11.9. The fourth-order valence-corrected chi connectivity index (χ4v) is 3.94. The van der Waals surface area contributed by atoms with Gasteiger partial charge in [-0.15, -0.1) is 0 Å². The lowest BCUT2D eigenvalue weighted by atomic mass is 10.1. The van der Waals surface area contributed by atoms with Gasteiger partial charge < -0.3 is 14.3 Å². The van der Waals surface area contributed by atoms with Crippen LogP contribution in [-0.2, 0) is 11.4 Å². The van der Waals surface area contributed by atoms with Crippen LogP contribution in [0.5, 0.6) is 0 Å². The molecule has 28 heavy (non-hydrogen) atoms. The molecule has 0 fully saturated rings. The van der Waals surface area contributed by atoms with Crippen LogP contribution in [0.15, 0.2) is 88.2 Å². The largest absolute Gasteiger partial charge is 0.588 e. The predicted molar refractivity (Wildman–Crippen MR) is 112 cm³/mol. The van der Waals surface area contributed by atoms with Crippen LogP contribution in [0.3, 0.4) is 0 Å². The van der Waals surface area contributed by atoms with E-state index >= 15 is 0 Å². The molecule has 0 aliphatic heterocycles. The number of fused-ring (bicyclic) bond motifs is 1. The van der Waals surface area contributed by atoms with E-state index in [9.17, 15) is 9.35 Å². The number of carbonyl (C=O) groups excluding carboxylic acids is 1. The molecule has 5 nitrogen and oxygen atoms in total. The summed E-state index contributed by atoms with van der Waals surface area (Å²) in [5.74, 6) is -0.405. The van der Waals surface area contributed by atoms with Crippen molar-refractivity contribution in [2.75, 3.05) is 12.4 Å². The van der Waals surface area contributed by atoms with Crippen molar-refractivity contribution in [2.45, 2.75) is 4.90 Å². The van der Waals surface area contributed by atoms with E-state index in [1.807, 2.05) is 67.7 Å². The van der Waals surface area contributed by atoms with Crippen LogP contribution in [0.25, 0.3) is 22.1 Å². The minimum Gasteiger partial charge on any atom is -0.588 e. The van der Waals surface area contributed by atoms with Crippen molar-refractivity contribution in [3.05, 3.63) is 84.6 Å². The predicted octanol–water partition coefficient (Wildman–Crippen LogP) is 4.59. The Morgan fingerprint density at radius 1 is 0.964 bits per heavy atom. The van der Waals surface area contributed by atoms with Crippen molar-refractivity contribution in [2.24, 2.45) is 0 Å². The maximum Gasteiger partial charge on any atom is 0.328 e. The highest BCUT2D eigenvalue weighted by molar-refractivity contribution is 7.90. The van der Waals surface area contributed by atoms with Crippen LogP contribution in [0, 0.1) is 0 Å².